The fraction of sp³-hybridized carbons (Fsp3) is 0.250. The van der Waals surface area contributed by atoms with Gasteiger partial charge in [0.2, 0.25) is 11.8 Å². The Bertz CT molecular complexity index is 2770. The summed E-state index contributed by atoms with van der Waals surface area (Å²) in [4.78, 5) is 32.6. The number of benzene rings is 6. The lowest BCUT2D eigenvalue weighted by Gasteiger charge is -2.08. The number of amides is 4. The summed E-state index contributed by atoms with van der Waals surface area (Å²) < 4.78 is 14.6. The van der Waals surface area contributed by atoms with Crippen LogP contribution in [0.3, 0.4) is 0 Å². The molecule has 0 spiro atoms. The molecule has 6 aromatic carbocycles. The number of nitrogen functional groups attached to an aromatic ring is 1. The first-order valence-electron chi connectivity index (χ1n) is 22.0. The molecule has 78 heavy (non-hydrogen) atoms. The van der Waals surface area contributed by atoms with Gasteiger partial charge in [-0.2, -0.15) is 0 Å². The van der Waals surface area contributed by atoms with Crippen molar-refractivity contribution in [1.82, 2.24) is 10.6 Å². The molecule has 0 saturated carbocycles. The Kier molecular flexibility index (Phi) is 44.2. The van der Waals surface area contributed by atoms with Gasteiger partial charge in [-0.3, -0.25) is 9.59 Å². The topological polar surface area (TPSA) is 146 Å². The number of anilines is 3. The van der Waals surface area contributed by atoms with Gasteiger partial charge in [0.25, 0.3) is 3.25 Å². The van der Waals surface area contributed by atoms with Crippen LogP contribution in [0.15, 0.2) is 119 Å². The third-order valence-electron chi connectivity index (χ3n) is 8.78. The van der Waals surface area contributed by atoms with Crippen molar-refractivity contribution in [2.75, 3.05) is 36.2 Å². The number of aliphatic hydroxyl groups excluding tert-OH is 1. The lowest BCUT2D eigenvalue weighted by Crippen LogP contribution is -2.36. The number of hydrogen-bond acceptors (Lipinski definition) is 5. The van der Waals surface area contributed by atoms with E-state index in [0.29, 0.717) is 26.6 Å². The fourth-order valence-electron chi connectivity index (χ4n) is 4.92. The van der Waals surface area contributed by atoms with E-state index in [1.807, 2.05) is 107 Å². The third kappa shape index (κ3) is 35.2. The van der Waals surface area contributed by atoms with E-state index in [9.17, 15) is 18.8 Å². The first kappa shape index (κ1) is 79.1. The van der Waals surface area contributed by atoms with Crippen LogP contribution in [-0.4, -0.2) is 46.0 Å². The molecule has 0 aliphatic heterocycles. The molecule has 0 radical (unpaired) electrons. The molecule has 0 saturated heterocycles. The molecule has 0 atom stereocenters. The van der Waals surface area contributed by atoms with E-state index in [-0.39, 0.29) is 25.0 Å². The molecule has 6 aromatic rings. The van der Waals surface area contributed by atoms with Crippen molar-refractivity contribution >= 4 is 246 Å². The minimum absolute atomic E-state index is 0.0120. The lowest BCUT2D eigenvalue weighted by molar-refractivity contribution is -0.115. The lowest BCUT2D eigenvalue weighted by atomic mass is 10.2. The van der Waals surface area contributed by atoms with Crippen LogP contribution >= 0.6 is 212 Å². The average molecular weight is 1670 g/mol. The Morgan fingerprint density at radius 1 is 0.564 bits per heavy atom. The molecule has 0 aliphatic carbocycles. The van der Waals surface area contributed by atoms with E-state index in [1.165, 1.54) is 13.8 Å². The van der Waals surface area contributed by atoms with Crippen LogP contribution in [0.4, 0.5) is 26.2 Å². The molecule has 9 nitrogen and oxygen atoms in total. The van der Waals surface area contributed by atoms with E-state index < -0.39 is 16.0 Å². The van der Waals surface area contributed by atoms with Crippen molar-refractivity contribution in [3.05, 3.63) is 183 Å². The number of halogens is 17. The number of aryl methyl sites for hydroxylation is 1. The summed E-state index contributed by atoms with van der Waals surface area (Å²) in [5, 5.41) is 22.8. The molecular formula is C52H54Br6Cl10FN5O4. The summed E-state index contributed by atoms with van der Waals surface area (Å²) in [5.74, 6) is -0.179. The number of hydrogen-bond donors (Lipinski definition) is 6. The summed E-state index contributed by atoms with van der Waals surface area (Å²) in [7, 11) is 0. The van der Waals surface area contributed by atoms with Gasteiger partial charge >= 0.3 is 6.03 Å². The highest BCUT2D eigenvalue weighted by Crippen LogP contribution is 2.33. The van der Waals surface area contributed by atoms with Crippen molar-refractivity contribution in [1.29, 1.82) is 0 Å². The largest absolute Gasteiger partial charge is 0.398 e. The van der Waals surface area contributed by atoms with E-state index in [2.05, 4.69) is 117 Å². The normalized spacial score (nSPS) is 9.81. The molecular weight excluding hydrogens is 1610 g/mol. The number of nitrogens with two attached hydrogens (primary N) is 1. The average Bonchev–Trinajstić information content (AvgIpc) is 3.36. The van der Waals surface area contributed by atoms with Crippen LogP contribution in [0.1, 0.15) is 54.2 Å². The van der Waals surface area contributed by atoms with Gasteiger partial charge in [-0.1, -0.05) is 174 Å². The number of urea groups is 1. The number of alkyl halides is 6. The molecule has 0 aromatic heterocycles. The fourth-order valence-corrected chi connectivity index (χ4v) is 8.71. The maximum Gasteiger partial charge on any atom is 0.315 e. The van der Waals surface area contributed by atoms with Gasteiger partial charge in [0.05, 0.1) is 25.1 Å². The highest BCUT2D eigenvalue weighted by atomic mass is 79.9. The second-order valence-electron chi connectivity index (χ2n) is 14.9. The van der Waals surface area contributed by atoms with Gasteiger partial charge < -0.3 is 32.1 Å². The van der Waals surface area contributed by atoms with E-state index in [0.717, 1.165) is 88.2 Å². The van der Waals surface area contributed by atoms with Crippen LogP contribution in [0, 0.1) is 27.7 Å². The predicted octanol–water partition coefficient (Wildman–Crippen LogP) is 21.8. The van der Waals surface area contributed by atoms with Crippen molar-refractivity contribution in [2.45, 2.75) is 63.6 Å². The minimum Gasteiger partial charge on any atom is -0.398 e. The standard InChI is InChI=1S/C10H11BrClFN2O.C9H9BrClNO.C9H10ClNO.C7H5Br2Cl.C7H7BrClN.C7H6BrCl.C2H6O.CCl4/c11-8-3-1-2-7(9(8)12)6-15-10(16)14-5-4-13;1-5-8(12-6(2)13)4-3-7(10)9(5)11;1-6-8(10)4-3-5-9(6)11-7(2)12;8-4-5-2-1-3-6(9)7(5)10;1-4-6(10)3-2-5(8)7(4)9;1-5-3-2-4-6(8)7(5)9;1-2-3;2-1(3,4)5/h1-3H,4-6H2,(H2,14,15,16);3-4H,1-2H3,(H,12,13);3-5H,1-2H3,(H,11,12);1-3H,4H2;2-3H,10H2,1H3;2-4H,1H3;3H,2H2,1H3;. The molecule has 0 unspecified atom stereocenters. The van der Waals surface area contributed by atoms with E-state index >= 15 is 0 Å². The van der Waals surface area contributed by atoms with E-state index in [4.69, 9.17) is 127 Å². The number of carbonyl (C=O) groups excluding carboxylic acids is 3. The number of carbonyl (C=O) groups is 3. The Balaban J connectivity index is 0. The Morgan fingerprint density at radius 2 is 0.962 bits per heavy atom. The van der Waals surface area contributed by atoms with Gasteiger partial charge in [-0.25, -0.2) is 9.18 Å². The molecule has 0 fully saturated rings. The summed E-state index contributed by atoms with van der Waals surface area (Å²) in [5.41, 5.74) is 13.5. The minimum atomic E-state index is -1.61. The number of aliphatic hydroxyl groups is 1. The molecule has 6 rings (SSSR count). The van der Waals surface area contributed by atoms with Gasteiger partial charge in [0, 0.05) is 83.3 Å². The number of rotatable bonds is 7. The third-order valence-corrected chi connectivity index (χ3v) is 16.6. The SMILES string of the molecule is CC(=O)Nc1ccc(Br)c(Cl)c1C.CC(=O)Nc1cccc(Cl)c1C.CCO.Cc1c(N)ccc(Br)c1Cl.Cc1cccc(Br)c1Cl.ClC(Cl)(Cl)Cl.Clc1c(Br)cccc1CBr.O=C(NCCF)NCc1cccc(Br)c1Cl. The van der Waals surface area contributed by atoms with Crippen LogP contribution < -0.4 is 27.0 Å². The molecule has 7 N–H and O–H groups in total. The summed E-state index contributed by atoms with van der Waals surface area (Å²) in [6.45, 7) is 12.2. The molecule has 0 aliphatic rings. The Labute approximate surface area is 557 Å². The number of nitrogens with one attached hydrogen (secondary N) is 4. The summed E-state index contributed by atoms with van der Waals surface area (Å²) in [6, 6.07) is 29.5. The van der Waals surface area contributed by atoms with Crippen molar-refractivity contribution < 1.29 is 23.9 Å². The van der Waals surface area contributed by atoms with Crippen LogP contribution in [0.25, 0.3) is 0 Å². The van der Waals surface area contributed by atoms with E-state index in [1.54, 1.807) is 25.1 Å². The smallest absolute Gasteiger partial charge is 0.315 e. The van der Waals surface area contributed by atoms with Gasteiger partial charge in [-0.05, 0) is 202 Å². The van der Waals surface area contributed by atoms with Crippen LogP contribution in [0.2, 0.25) is 30.1 Å². The second-order valence-corrected chi connectivity index (χ2v) is 25.4. The summed E-state index contributed by atoms with van der Waals surface area (Å²) in [6.07, 6.45) is 0. The molecule has 0 bridgehead atoms. The molecule has 26 heteroatoms. The Morgan fingerprint density at radius 3 is 1.38 bits per heavy atom. The first-order valence-corrected chi connectivity index (χ1v) is 30.9. The molecule has 4 amide bonds. The highest BCUT2D eigenvalue weighted by Gasteiger charge is 2.12. The first-order chi connectivity index (χ1) is 36.3. The predicted molar refractivity (Wildman–Crippen MR) is 357 cm³/mol. The maximum atomic E-state index is 11.8. The Hall–Kier alpha value is -1.000. The van der Waals surface area contributed by atoms with Crippen LogP contribution in [-0.2, 0) is 21.5 Å². The highest BCUT2D eigenvalue weighted by molar-refractivity contribution is 9.11. The van der Waals surface area contributed by atoms with Crippen molar-refractivity contribution in [3.8, 4) is 0 Å². The van der Waals surface area contributed by atoms with Crippen molar-refractivity contribution in [2.24, 2.45) is 0 Å². The zero-order chi connectivity index (χ0) is 60.5. The summed E-state index contributed by atoms with van der Waals surface area (Å²) >= 11 is 74.6. The van der Waals surface area contributed by atoms with Gasteiger partial charge in [0.15, 0.2) is 0 Å². The van der Waals surface area contributed by atoms with Crippen molar-refractivity contribution in [3.63, 3.8) is 0 Å². The molecule has 430 valence electrons. The van der Waals surface area contributed by atoms with Gasteiger partial charge in [0.1, 0.15) is 6.67 Å². The zero-order valence-electron chi connectivity index (χ0n) is 42.4. The second kappa shape index (κ2) is 43.6. The van der Waals surface area contributed by atoms with Crippen LogP contribution in [0.5, 0.6) is 0 Å². The zero-order valence-corrected chi connectivity index (χ0v) is 59.5. The molecule has 0 heterocycles. The van der Waals surface area contributed by atoms with Gasteiger partial charge in [-0.15, -0.1) is 0 Å². The maximum absolute atomic E-state index is 11.8. The monoisotopic (exact) mass is 1650 g/mol. The quantitative estimate of drug-likeness (QED) is 0.0696.